The average molecular weight is 237 g/mol. The molecule has 2 N–H and O–H groups in total. The minimum atomic E-state index is -0.862. The van der Waals surface area contributed by atoms with Crippen molar-refractivity contribution < 1.29 is 14.7 Å². The van der Waals surface area contributed by atoms with Gasteiger partial charge in [-0.2, -0.15) is 5.10 Å². The number of piperidine rings is 1. The second-order valence-electron chi connectivity index (χ2n) is 4.22. The molecule has 0 bridgehead atoms. The molecule has 1 aliphatic rings. The van der Waals surface area contributed by atoms with E-state index in [4.69, 9.17) is 5.11 Å². The van der Waals surface area contributed by atoms with Crippen molar-refractivity contribution in [1.29, 1.82) is 0 Å². The molecule has 1 aromatic heterocycles. The van der Waals surface area contributed by atoms with Gasteiger partial charge in [0.15, 0.2) is 0 Å². The summed E-state index contributed by atoms with van der Waals surface area (Å²) in [7, 11) is 0. The molecular formula is C11H15N3O3. The van der Waals surface area contributed by atoms with E-state index in [-0.39, 0.29) is 18.4 Å². The van der Waals surface area contributed by atoms with Gasteiger partial charge < -0.3 is 10.0 Å². The highest BCUT2D eigenvalue weighted by Gasteiger charge is 2.29. The van der Waals surface area contributed by atoms with Gasteiger partial charge in [-0.25, -0.2) is 0 Å². The van der Waals surface area contributed by atoms with E-state index >= 15 is 0 Å². The Labute approximate surface area is 98.6 Å². The van der Waals surface area contributed by atoms with Gasteiger partial charge in [-0.3, -0.25) is 14.7 Å². The average Bonchev–Trinajstić information content (AvgIpc) is 2.81. The van der Waals surface area contributed by atoms with Crippen molar-refractivity contribution in [2.75, 3.05) is 6.54 Å². The zero-order valence-electron chi connectivity index (χ0n) is 9.43. The molecule has 1 saturated heterocycles. The molecule has 0 spiro atoms. The molecule has 0 saturated carbocycles. The summed E-state index contributed by atoms with van der Waals surface area (Å²) < 4.78 is 0. The van der Waals surface area contributed by atoms with E-state index in [1.165, 1.54) is 6.20 Å². The summed E-state index contributed by atoms with van der Waals surface area (Å²) in [5.74, 6) is -1.02. The number of aromatic nitrogens is 2. The minimum absolute atomic E-state index is 0.0138. The standard InChI is InChI=1S/C11H15N3O3/c15-10(16)7-8-3-1-2-6-14(8)11(17)9-4-5-12-13-9/h4-5,8H,1-3,6-7H2,(H,12,13)(H,15,16). The third kappa shape index (κ3) is 2.64. The van der Waals surface area contributed by atoms with Crippen molar-refractivity contribution in [3.8, 4) is 0 Å². The van der Waals surface area contributed by atoms with Gasteiger partial charge in [0.1, 0.15) is 5.69 Å². The van der Waals surface area contributed by atoms with Gasteiger partial charge in [-0.1, -0.05) is 0 Å². The fraction of sp³-hybridized carbons (Fsp3) is 0.545. The van der Waals surface area contributed by atoms with E-state index in [2.05, 4.69) is 10.2 Å². The maximum atomic E-state index is 12.1. The van der Waals surface area contributed by atoms with Crippen LogP contribution in [0.1, 0.15) is 36.2 Å². The Morgan fingerprint density at radius 2 is 2.35 bits per heavy atom. The lowest BCUT2D eigenvalue weighted by Crippen LogP contribution is -2.44. The topological polar surface area (TPSA) is 86.3 Å². The summed E-state index contributed by atoms with van der Waals surface area (Å²) >= 11 is 0. The smallest absolute Gasteiger partial charge is 0.305 e. The Hall–Kier alpha value is -1.85. The van der Waals surface area contributed by atoms with Crippen LogP contribution in [0.4, 0.5) is 0 Å². The largest absolute Gasteiger partial charge is 0.481 e. The monoisotopic (exact) mass is 237 g/mol. The van der Waals surface area contributed by atoms with Crippen LogP contribution in [-0.2, 0) is 4.79 Å². The zero-order chi connectivity index (χ0) is 12.3. The highest BCUT2D eigenvalue weighted by Crippen LogP contribution is 2.21. The first-order valence-electron chi connectivity index (χ1n) is 5.70. The van der Waals surface area contributed by atoms with Gasteiger partial charge in [0.2, 0.25) is 0 Å². The highest BCUT2D eigenvalue weighted by molar-refractivity contribution is 5.92. The molecule has 1 aliphatic heterocycles. The Balaban J connectivity index is 2.10. The van der Waals surface area contributed by atoms with E-state index in [0.717, 1.165) is 19.3 Å². The Morgan fingerprint density at radius 3 is 3.00 bits per heavy atom. The number of aromatic amines is 1. The number of nitrogens with one attached hydrogen (secondary N) is 1. The fourth-order valence-electron chi connectivity index (χ4n) is 2.21. The van der Waals surface area contributed by atoms with E-state index in [9.17, 15) is 9.59 Å². The second kappa shape index (κ2) is 4.99. The van der Waals surface area contributed by atoms with Crippen LogP contribution in [0.15, 0.2) is 12.3 Å². The second-order valence-corrected chi connectivity index (χ2v) is 4.22. The van der Waals surface area contributed by atoms with Gasteiger partial charge in [-0.05, 0) is 25.3 Å². The number of carboxylic acid groups (broad SMARTS) is 1. The van der Waals surface area contributed by atoms with Crippen molar-refractivity contribution in [1.82, 2.24) is 15.1 Å². The van der Waals surface area contributed by atoms with Crippen LogP contribution in [0, 0.1) is 0 Å². The number of nitrogens with zero attached hydrogens (tertiary/aromatic N) is 2. The van der Waals surface area contributed by atoms with Crippen molar-refractivity contribution >= 4 is 11.9 Å². The number of H-pyrrole nitrogens is 1. The number of hydrogen-bond donors (Lipinski definition) is 2. The number of likely N-dealkylation sites (tertiary alicyclic amines) is 1. The molecule has 0 radical (unpaired) electrons. The maximum Gasteiger partial charge on any atom is 0.305 e. The normalized spacial score (nSPS) is 20.2. The molecular weight excluding hydrogens is 222 g/mol. The fourth-order valence-corrected chi connectivity index (χ4v) is 2.21. The summed E-state index contributed by atoms with van der Waals surface area (Å²) in [6, 6.07) is 1.41. The van der Waals surface area contributed by atoms with Crippen LogP contribution >= 0.6 is 0 Å². The van der Waals surface area contributed by atoms with Gasteiger partial charge in [0.05, 0.1) is 6.42 Å². The number of rotatable bonds is 3. The summed E-state index contributed by atoms with van der Waals surface area (Å²) in [6.45, 7) is 0.621. The molecule has 1 amide bonds. The van der Waals surface area contributed by atoms with E-state index < -0.39 is 5.97 Å². The zero-order valence-corrected chi connectivity index (χ0v) is 9.43. The summed E-state index contributed by atoms with van der Waals surface area (Å²) in [5.41, 5.74) is 0.419. The number of amides is 1. The molecule has 1 aromatic rings. The molecule has 2 rings (SSSR count). The summed E-state index contributed by atoms with van der Waals surface area (Å²) in [5, 5.41) is 15.2. The summed E-state index contributed by atoms with van der Waals surface area (Å²) in [4.78, 5) is 24.5. The van der Waals surface area contributed by atoms with E-state index in [1.807, 2.05) is 0 Å². The quantitative estimate of drug-likeness (QED) is 0.817. The first-order chi connectivity index (χ1) is 8.18. The molecule has 92 valence electrons. The van der Waals surface area contributed by atoms with Crippen LogP contribution < -0.4 is 0 Å². The molecule has 17 heavy (non-hydrogen) atoms. The lowest BCUT2D eigenvalue weighted by Gasteiger charge is -2.34. The molecule has 0 aromatic carbocycles. The number of carbonyl (C=O) groups is 2. The van der Waals surface area contributed by atoms with Crippen LogP contribution in [0.3, 0.4) is 0 Å². The first-order valence-corrected chi connectivity index (χ1v) is 5.70. The third-order valence-corrected chi connectivity index (χ3v) is 3.03. The number of aliphatic carboxylic acids is 1. The molecule has 2 heterocycles. The lowest BCUT2D eigenvalue weighted by atomic mass is 9.99. The number of carbonyl (C=O) groups excluding carboxylic acids is 1. The Morgan fingerprint density at radius 1 is 1.53 bits per heavy atom. The van der Waals surface area contributed by atoms with Gasteiger partial charge in [-0.15, -0.1) is 0 Å². The lowest BCUT2D eigenvalue weighted by molar-refractivity contribution is -0.138. The summed E-state index contributed by atoms with van der Waals surface area (Å²) in [6.07, 6.45) is 4.19. The number of carboxylic acids is 1. The predicted octanol–water partition coefficient (Wildman–Crippen LogP) is 0.879. The number of hydrogen-bond acceptors (Lipinski definition) is 3. The van der Waals surface area contributed by atoms with Crippen LogP contribution in [0.2, 0.25) is 0 Å². The highest BCUT2D eigenvalue weighted by atomic mass is 16.4. The Kier molecular flexibility index (Phi) is 3.41. The van der Waals surface area contributed by atoms with E-state index in [1.54, 1.807) is 11.0 Å². The van der Waals surface area contributed by atoms with Crippen molar-refractivity contribution in [2.45, 2.75) is 31.7 Å². The minimum Gasteiger partial charge on any atom is -0.481 e. The van der Waals surface area contributed by atoms with Gasteiger partial charge >= 0.3 is 5.97 Å². The maximum absolute atomic E-state index is 12.1. The van der Waals surface area contributed by atoms with Crippen molar-refractivity contribution in [2.24, 2.45) is 0 Å². The van der Waals surface area contributed by atoms with Gasteiger partial charge in [0, 0.05) is 18.8 Å². The van der Waals surface area contributed by atoms with Crippen molar-refractivity contribution in [3.05, 3.63) is 18.0 Å². The third-order valence-electron chi connectivity index (χ3n) is 3.03. The first kappa shape index (κ1) is 11.6. The van der Waals surface area contributed by atoms with Crippen LogP contribution in [0.25, 0.3) is 0 Å². The molecule has 1 atom stereocenters. The molecule has 0 aliphatic carbocycles. The molecule has 1 fully saturated rings. The van der Waals surface area contributed by atoms with Crippen LogP contribution in [-0.4, -0.2) is 44.7 Å². The molecule has 6 nitrogen and oxygen atoms in total. The van der Waals surface area contributed by atoms with E-state index in [0.29, 0.717) is 12.2 Å². The predicted molar refractivity (Wildman–Crippen MR) is 59.5 cm³/mol. The van der Waals surface area contributed by atoms with Gasteiger partial charge in [0.25, 0.3) is 5.91 Å². The van der Waals surface area contributed by atoms with Crippen LogP contribution in [0.5, 0.6) is 0 Å². The Bertz CT molecular complexity index is 402. The van der Waals surface area contributed by atoms with Crippen molar-refractivity contribution in [3.63, 3.8) is 0 Å². The SMILES string of the molecule is O=C(O)CC1CCCCN1C(=O)c1ccn[nH]1. The molecule has 6 heteroatoms. The molecule has 1 unspecified atom stereocenters.